The number of rotatable bonds is 2. The molecule has 0 aliphatic carbocycles. The largest absolute Gasteiger partial charge is 0.419 e. The second kappa shape index (κ2) is 5.46. The molecular weight excluding hydrogens is 262 g/mol. The van der Waals surface area contributed by atoms with Crippen molar-refractivity contribution in [3.63, 3.8) is 0 Å². The van der Waals surface area contributed by atoms with Crippen LogP contribution in [0.5, 0.6) is 0 Å². The second-order valence-electron chi connectivity index (χ2n) is 4.77. The Morgan fingerprint density at radius 2 is 1.84 bits per heavy atom. The van der Waals surface area contributed by atoms with Crippen molar-refractivity contribution in [2.24, 2.45) is 5.92 Å². The first-order valence-corrected chi connectivity index (χ1v) is 6.15. The van der Waals surface area contributed by atoms with Gasteiger partial charge in [-0.05, 0) is 49.5 Å². The van der Waals surface area contributed by atoms with Gasteiger partial charge in [-0.3, -0.25) is 0 Å². The van der Waals surface area contributed by atoms with Gasteiger partial charge in [-0.15, -0.1) is 0 Å². The fourth-order valence-corrected chi connectivity index (χ4v) is 2.38. The lowest BCUT2D eigenvalue weighted by molar-refractivity contribution is -0.140. The van der Waals surface area contributed by atoms with Crippen LogP contribution in [0.4, 0.5) is 17.6 Å². The summed E-state index contributed by atoms with van der Waals surface area (Å²) in [6.45, 7) is 1.46. The second-order valence-corrected chi connectivity index (χ2v) is 4.77. The van der Waals surface area contributed by atoms with Crippen molar-refractivity contribution in [2.45, 2.75) is 25.1 Å². The lowest BCUT2D eigenvalue weighted by Crippen LogP contribution is -2.31. The van der Waals surface area contributed by atoms with Crippen molar-refractivity contribution in [1.82, 2.24) is 5.32 Å². The van der Waals surface area contributed by atoms with Gasteiger partial charge in [0.05, 0.1) is 11.7 Å². The van der Waals surface area contributed by atoms with Crippen LogP contribution in [-0.2, 0) is 6.18 Å². The third kappa shape index (κ3) is 3.25. The van der Waals surface area contributed by atoms with E-state index in [4.69, 9.17) is 0 Å². The number of aliphatic hydroxyl groups is 1. The Kier molecular flexibility index (Phi) is 4.10. The van der Waals surface area contributed by atoms with Crippen molar-refractivity contribution in [3.05, 3.63) is 35.1 Å². The molecular formula is C13H15F4NO. The molecule has 0 amide bonds. The summed E-state index contributed by atoms with van der Waals surface area (Å²) in [4.78, 5) is 0. The first kappa shape index (κ1) is 14.3. The zero-order chi connectivity index (χ0) is 14.0. The van der Waals surface area contributed by atoms with Crippen molar-refractivity contribution in [1.29, 1.82) is 0 Å². The summed E-state index contributed by atoms with van der Waals surface area (Å²) in [7, 11) is 0. The predicted molar refractivity (Wildman–Crippen MR) is 62.0 cm³/mol. The van der Waals surface area contributed by atoms with E-state index in [0.717, 1.165) is 19.2 Å². The Labute approximate surface area is 108 Å². The van der Waals surface area contributed by atoms with E-state index in [0.29, 0.717) is 18.9 Å². The minimum Gasteiger partial charge on any atom is -0.388 e. The third-order valence-electron chi connectivity index (χ3n) is 3.47. The predicted octanol–water partition coefficient (Wildman–Crippen LogP) is 2.88. The minimum atomic E-state index is -4.74. The van der Waals surface area contributed by atoms with E-state index in [1.807, 2.05) is 0 Å². The van der Waals surface area contributed by atoms with Crippen LogP contribution >= 0.6 is 0 Å². The van der Waals surface area contributed by atoms with Crippen LogP contribution in [0.25, 0.3) is 0 Å². The van der Waals surface area contributed by atoms with Gasteiger partial charge >= 0.3 is 6.18 Å². The fraction of sp³-hybridized carbons (Fsp3) is 0.538. The lowest BCUT2D eigenvalue weighted by Gasteiger charge is -2.27. The molecule has 1 heterocycles. The molecule has 2 nitrogen and oxygen atoms in total. The molecule has 1 aromatic rings. The smallest absolute Gasteiger partial charge is 0.388 e. The summed E-state index contributed by atoms with van der Waals surface area (Å²) in [5.41, 5.74) is -1.20. The van der Waals surface area contributed by atoms with Gasteiger partial charge in [0.1, 0.15) is 5.82 Å². The first-order chi connectivity index (χ1) is 8.89. The molecule has 2 N–H and O–H groups in total. The summed E-state index contributed by atoms with van der Waals surface area (Å²) in [6, 6.07) is 2.70. The molecule has 1 atom stereocenters. The van der Waals surface area contributed by atoms with Crippen molar-refractivity contribution in [2.75, 3.05) is 13.1 Å². The molecule has 0 spiro atoms. The Balaban J connectivity index is 2.24. The van der Waals surface area contributed by atoms with Crippen LogP contribution < -0.4 is 5.32 Å². The summed E-state index contributed by atoms with van der Waals surface area (Å²) >= 11 is 0. The molecule has 0 saturated carbocycles. The summed E-state index contributed by atoms with van der Waals surface area (Å²) in [6.07, 6.45) is -4.34. The van der Waals surface area contributed by atoms with E-state index < -0.39 is 23.7 Å². The van der Waals surface area contributed by atoms with E-state index in [2.05, 4.69) is 5.32 Å². The average molecular weight is 277 g/mol. The molecule has 1 aromatic carbocycles. The zero-order valence-electron chi connectivity index (χ0n) is 10.2. The van der Waals surface area contributed by atoms with Crippen LogP contribution in [0, 0.1) is 11.7 Å². The highest BCUT2D eigenvalue weighted by atomic mass is 19.4. The van der Waals surface area contributed by atoms with Gasteiger partial charge in [0, 0.05) is 0 Å². The Hall–Kier alpha value is -1.14. The molecule has 1 fully saturated rings. The van der Waals surface area contributed by atoms with Crippen LogP contribution in [-0.4, -0.2) is 18.2 Å². The van der Waals surface area contributed by atoms with Crippen LogP contribution in [0.15, 0.2) is 18.2 Å². The number of nitrogens with one attached hydrogen (secondary N) is 1. The number of hydrogen-bond acceptors (Lipinski definition) is 2. The van der Waals surface area contributed by atoms with E-state index in [1.54, 1.807) is 0 Å². The maximum Gasteiger partial charge on any atom is 0.419 e. The molecule has 0 bridgehead atoms. The average Bonchev–Trinajstić information content (AvgIpc) is 2.38. The SMILES string of the molecule is OC(c1ccc(F)c(C(F)(F)F)c1)C1CCNCC1. The Morgan fingerprint density at radius 1 is 1.21 bits per heavy atom. The molecule has 1 saturated heterocycles. The number of aliphatic hydroxyl groups excluding tert-OH is 1. The molecule has 0 aromatic heterocycles. The first-order valence-electron chi connectivity index (χ1n) is 6.15. The molecule has 0 radical (unpaired) electrons. The fourth-order valence-electron chi connectivity index (χ4n) is 2.38. The van der Waals surface area contributed by atoms with Crippen molar-refractivity contribution in [3.8, 4) is 0 Å². The van der Waals surface area contributed by atoms with Gasteiger partial charge in [0.25, 0.3) is 0 Å². The van der Waals surface area contributed by atoms with E-state index in [9.17, 15) is 22.7 Å². The highest BCUT2D eigenvalue weighted by molar-refractivity contribution is 5.29. The third-order valence-corrected chi connectivity index (χ3v) is 3.47. The number of benzene rings is 1. The van der Waals surface area contributed by atoms with Gasteiger partial charge in [-0.1, -0.05) is 6.07 Å². The van der Waals surface area contributed by atoms with E-state index >= 15 is 0 Å². The molecule has 1 aliphatic heterocycles. The lowest BCUT2D eigenvalue weighted by atomic mass is 9.87. The Morgan fingerprint density at radius 3 is 2.42 bits per heavy atom. The van der Waals surface area contributed by atoms with Crippen LogP contribution in [0.2, 0.25) is 0 Å². The molecule has 19 heavy (non-hydrogen) atoms. The monoisotopic (exact) mass is 277 g/mol. The molecule has 1 aliphatic rings. The van der Waals surface area contributed by atoms with Gasteiger partial charge in [-0.2, -0.15) is 13.2 Å². The molecule has 6 heteroatoms. The van der Waals surface area contributed by atoms with Gasteiger partial charge < -0.3 is 10.4 Å². The highest BCUT2D eigenvalue weighted by Crippen LogP contribution is 2.35. The standard InChI is InChI=1S/C13H15F4NO/c14-11-2-1-9(7-10(11)13(15,16)17)12(19)8-3-5-18-6-4-8/h1-2,7-8,12,18-19H,3-6H2. The van der Waals surface area contributed by atoms with Gasteiger partial charge in [0.15, 0.2) is 0 Å². The number of piperidine rings is 1. The quantitative estimate of drug-likeness (QED) is 0.815. The summed E-state index contributed by atoms with van der Waals surface area (Å²) in [5, 5.41) is 13.2. The summed E-state index contributed by atoms with van der Waals surface area (Å²) in [5.74, 6) is -1.40. The normalized spacial score (nSPS) is 19.4. The number of hydrogen-bond donors (Lipinski definition) is 2. The van der Waals surface area contributed by atoms with Gasteiger partial charge in [-0.25, -0.2) is 4.39 Å². The zero-order valence-corrected chi connectivity index (χ0v) is 10.2. The number of halogens is 4. The van der Waals surface area contributed by atoms with Gasteiger partial charge in [0.2, 0.25) is 0 Å². The molecule has 2 rings (SSSR count). The maximum atomic E-state index is 13.2. The molecule has 1 unspecified atom stereocenters. The highest BCUT2D eigenvalue weighted by Gasteiger charge is 2.35. The van der Waals surface area contributed by atoms with Crippen molar-refractivity contribution >= 4 is 0 Å². The van der Waals surface area contributed by atoms with E-state index in [1.165, 1.54) is 6.07 Å². The van der Waals surface area contributed by atoms with Crippen LogP contribution in [0.3, 0.4) is 0 Å². The van der Waals surface area contributed by atoms with Crippen molar-refractivity contribution < 1.29 is 22.7 Å². The Bertz CT molecular complexity index is 441. The van der Waals surface area contributed by atoms with Crippen LogP contribution in [0.1, 0.15) is 30.1 Å². The molecule has 106 valence electrons. The maximum absolute atomic E-state index is 13.2. The topological polar surface area (TPSA) is 32.3 Å². The summed E-state index contributed by atoms with van der Waals surface area (Å²) < 4.78 is 51.0. The van der Waals surface area contributed by atoms with E-state index in [-0.39, 0.29) is 11.5 Å². The minimum absolute atomic E-state index is 0.0900. The number of alkyl halides is 3.